The second-order valence-electron chi connectivity index (χ2n) is 8.31. The zero-order chi connectivity index (χ0) is 16.8. The van der Waals surface area contributed by atoms with Gasteiger partial charge in [0.25, 0.3) is 0 Å². The van der Waals surface area contributed by atoms with Gasteiger partial charge in [-0.25, -0.2) is 0 Å². The maximum Gasteiger partial charge on any atom is 0.307 e. The van der Waals surface area contributed by atoms with Crippen LogP contribution in [0, 0.1) is 17.8 Å². The molecule has 3 atom stereocenters. The number of rotatable bonds is 7. The average Bonchev–Trinajstić information content (AvgIpc) is 2.51. The summed E-state index contributed by atoms with van der Waals surface area (Å²) in [7, 11) is 0. The maximum absolute atomic E-state index is 11.3. The fourth-order valence-electron chi connectivity index (χ4n) is 4.35. The largest absolute Gasteiger partial charge is 0.481 e. The van der Waals surface area contributed by atoms with Crippen LogP contribution >= 0.6 is 0 Å². The molecule has 2 fully saturated rings. The van der Waals surface area contributed by atoms with Crippen LogP contribution in [-0.2, 0) is 4.79 Å². The van der Waals surface area contributed by atoms with E-state index in [2.05, 4.69) is 31.0 Å². The van der Waals surface area contributed by atoms with Gasteiger partial charge < -0.3 is 15.3 Å². The highest BCUT2D eigenvalue weighted by molar-refractivity contribution is 5.70. The van der Waals surface area contributed by atoms with Gasteiger partial charge in [-0.15, -0.1) is 0 Å². The number of likely N-dealkylation sites (tertiary alicyclic amines) is 1. The van der Waals surface area contributed by atoms with Crippen molar-refractivity contribution in [3.63, 3.8) is 0 Å². The zero-order valence-corrected chi connectivity index (χ0v) is 15.3. The summed E-state index contributed by atoms with van der Waals surface area (Å²) in [5.41, 5.74) is 0. The quantitative estimate of drug-likeness (QED) is 0.754. The van der Waals surface area contributed by atoms with Gasteiger partial charge in [-0.3, -0.25) is 4.79 Å². The molecule has 4 heteroatoms. The lowest BCUT2D eigenvalue weighted by Gasteiger charge is -2.41. The molecule has 0 bridgehead atoms. The molecule has 0 aromatic carbocycles. The van der Waals surface area contributed by atoms with Crippen LogP contribution in [0.25, 0.3) is 0 Å². The highest BCUT2D eigenvalue weighted by Crippen LogP contribution is 2.29. The van der Waals surface area contributed by atoms with E-state index in [1.165, 1.54) is 51.6 Å². The Morgan fingerprint density at radius 2 is 1.91 bits per heavy atom. The number of nitrogens with one attached hydrogen (secondary N) is 1. The molecular weight excluding hydrogens is 288 g/mol. The smallest absolute Gasteiger partial charge is 0.307 e. The van der Waals surface area contributed by atoms with Crippen LogP contribution in [0.15, 0.2) is 0 Å². The number of hydrogen-bond donors (Lipinski definition) is 2. The molecule has 1 saturated carbocycles. The predicted octanol–water partition coefficient (Wildman–Crippen LogP) is 3.37. The van der Waals surface area contributed by atoms with Gasteiger partial charge in [0.1, 0.15) is 0 Å². The summed E-state index contributed by atoms with van der Waals surface area (Å²) in [5, 5.41) is 12.9. The van der Waals surface area contributed by atoms with E-state index >= 15 is 0 Å². The second-order valence-corrected chi connectivity index (χ2v) is 8.31. The van der Waals surface area contributed by atoms with Crippen molar-refractivity contribution < 1.29 is 9.90 Å². The molecule has 1 saturated heterocycles. The summed E-state index contributed by atoms with van der Waals surface area (Å²) in [5.74, 6) is 0.428. The van der Waals surface area contributed by atoms with E-state index in [0.717, 1.165) is 18.4 Å². The predicted molar refractivity (Wildman–Crippen MR) is 94.6 cm³/mol. The Hall–Kier alpha value is -0.610. The highest BCUT2D eigenvalue weighted by Gasteiger charge is 2.29. The van der Waals surface area contributed by atoms with Crippen LogP contribution in [0.4, 0.5) is 0 Å². The van der Waals surface area contributed by atoms with E-state index in [4.69, 9.17) is 0 Å². The van der Waals surface area contributed by atoms with Crippen LogP contribution in [0.3, 0.4) is 0 Å². The fraction of sp³-hybridized carbons (Fsp3) is 0.947. The van der Waals surface area contributed by atoms with Crippen LogP contribution in [0.1, 0.15) is 65.7 Å². The third kappa shape index (κ3) is 6.07. The first-order valence-corrected chi connectivity index (χ1v) is 9.66. The standard InChI is InChI=1S/C19H36N2O2/c1-14(2)11-16(19(22)23)13-20-17-7-9-21(10-8-17)18-6-4-5-15(3)12-18/h14-18,20H,4-13H2,1-3H3,(H,22,23). The van der Waals surface area contributed by atoms with Crippen LogP contribution in [-0.4, -0.2) is 47.7 Å². The fourth-order valence-corrected chi connectivity index (χ4v) is 4.35. The summed E-state index contributed by atoms with van der Waals surface area (Å²) in [6.07, 6.45) is 8.63. The molecule has 3 unspecified atom stereocenters. The molecule has 23 heavy (non-hydrogen) atoms. The Morgan fingerprint density at radius 3 is 2.48 bits per heavy atom. The molecule has 1 aliphatic heterocycles. The van der Waals surface area contributed by atoms with Gasteiger partial charge in [0.2, 0.25) is 0 Å². The summed E-state index contributed by atoms with van der Waals surface area (Å²) in [6.45, 7) is 9.56. The molecule has 0 spiro atoms. The molecule has 0 aromatic heterocycles. The molecule has 2 N–H and O–H groups in total. The summed E-state index contributed by atoms with van der Waals surface area (Å²) >= 11 is 0. The molecule has 1 aliphatic carbocycles. The Bertz CT molecular complexity index is 364. The minimum absolute atomic E-state index is 0.243. The van der Waals surface area contributed by atoms with Crippen molar-refractivity contribution in [2.45, 2.75) is 77.8 Å². The van der Waals surface area contributed by atoms with E-state index in [-0.39, 0.29) is 5.92 Å². The van der Waals surface area contributed by atoms with E-state index in [1.807, 2.05) is 0 Å². The SMILES string of the molecule is CC(C)CC(CNC1CCN(C2CCCC(C)C2)CC1)C(=O)O. The minimum atomic E-state index is -0.653. The van der Waals surface area contributed by atoms with Gasteiger partial charge in [0.05, 0.1) is 5.92 Å². The number of hydrogen-bond acceptors (Lipinski definition) is 3. The van der Waals surface area contributed by atoms with Gasteiger partial charge in [0, 0.05) is 18.6 Å². The number of carboxylic acid groups (broad SMARTS) is 1. The van der Waals surface area contributed by atoms with Crippen molar-refractivity contribution in [3.8, 4) is 0 Å². The van der Waals surface area contributed by atoms with Crippen molar-refractivity contribution in [2.75, 3.05) is 19.6 Å². The van der Waals surface area contributed by atoms with Gasteiger partial charge in [-0.1, -0.05) is 33.6 Å². The summed E-state index contributed by atoms with van der Waals surface area (Å²) in [4.78, 5) is 14.0. The van der Waals surface area contributed by atoms with Gasteiger partial charge in [-0.05, 0) is 57.0 Å². The van der Waals surface area contributed by atoms with Crippen LogP contribution in [0.5, 0.6) is 0 Å². The maximum atomic E-state index is 11.3. The molecule has 0 amide bonds. The van der Waals surface area contributed by atoms with Gasteiger partial charge in [0.15, 0.2) is 0 Å². The molecule has 0 radical (unpaired) electrons. The lowest BCUT2D eigenvalue weighted by Crippen LogP contribution is -2.48. The Labute approximate surface area is 142 Å². The van der Waals surface area contributed by atoms with Gasteiger partial charge >= 0.3 is 5.97 Å². The molecule has 0 aromatic rings. The molecular formula is C19H36N2O2. The lowest BCUT2D eigenvalue weighted by molar-refractivity contribution is -0.142. The Morgan fingerprint density at radius 1 is 1.22 bits per heavy atom. The number of carboxylic acids is 1. The van der Waals surface area contributed by atoms with E-state index in [9.17, 15) is 9.90 Å². The summed E-state index contributed by atoms with van der Waals surface area (Å²) < 4.78 is 0. The summed E-state index contributed by atoms with van der Waals surface area (Å²) in [6, 6.07) is 1.30. The second kappa shape index (κ2) is 9.03. The Kier molecular flexibility index (Phi) is 7.35. The lowest BCUT2D eigenvalue weighted by atomic mass is 9.85. The monoisotopic (exact) mass is 324 g/mol. The highest BCUT2D eigenvalue weighted by atomic mass is 16.4. The average molecular weight is 325 g/mol. The third-order valence-electron chi connectivity index (χ3n) is 5.71. The van der Waals surface area contributed by atoms with E-state index in [1.54, 1.807) is 0 Å². The van der Waals surface area contributed by atoms with Crippen LogP contribution < -0.4 is 5.32 Å². The van der Waals surface area contributed by atoms with E-state index < -0.39 is 5.97 Å². The first kappa shape index (κ1) is 18.7. The Balaban J connectivity index is 1.70. The van der Waals surface area contributed by atoms with Crippen molar-refractivity contribution >= 4 is 5.97 Å². The molecule has 4 nitrogen and oxygen atoms in total. The van der Waals surface area contributed by atoms with Crippen molar-refractivity contribution in [3.05, 3.63) is 0 Å². The van der Waals surface area contributed by atoms with Crippen molar-refractivity contribution in [2.24, 2.45) is 17.8 Å². The van der Waals surface area contributed by atoms with Crippen molar-refractivity contribution in [1.82, 2.24) is 10.2 Å². The number of carbonyl (C=O) groups is 1. The molecule has 2 rings (SSSR count). The van der Waals surface area contributed by atoms with Gasteiger partial charge in [-0.2, -0.15) is 0 Å². The topological polar surface area (TPSA) is 52.6 Å². The van der Waals surface area contributed by atoms with E-state index in [0.29, 0.717) is 18.5 Å². The molecule has 1 heterocycles. The number of piperidine rings is 1. The van der Waals surface area contributed by atoms with Crippen LogP contribution in [0.2, 0.25) is 0 Å². The normalized spacial score (nSPS) is 28.9. The molecule has 134 valence electrons. The first-order chi connectivity index (χ1) is 11.0. The van der Waals surface area contributed by atoms with Crippen molar-refractivity contribution in [1.29, 1.82) is 0 Å². The zero-order valence-electron chi connectivity index (χ0n) is 15.3. The minimum Gasteiger partial charge on any atom is -0.481 e. The first-order valence-electron chi connectivity index (χ1n) is 9.66. The number of nitrogens with zero attached hydrogens (tertiary/aromatic N) is 1. The third-order valence-corrected chi connectivity index (χ3v) is 5.71. The molecule has 2 aliphatic rings. The number of aliphatic carboxylic acids is 1.